The Kier molecular flexibility index (Phi) is 6.74. The molecular formula is C21H21FN4O4. The monoisotopic (exact) mass is 412 g/mol. The maximum atomic E-state index is 13.5. The van der Waals surface area contributed by atoms with Crippen LogP contribution in [-0.2, 0) is 20.9 Å². The second-order valence-electron chi connectivity index (χ2n) is 6.64. The second-order valence-corrected chi connectivity index (χ2v) is 6.64. The third-order valence-electron chi connectivity index (χ3n) is 4.39. The number of amides is 2. The molecule has 0 saturated carbocycles. The molecule has 2 aromatic carbocycles. The third-order valence-corrected chi connectivity index (χ3v) is 4.39. The van der Waals surface area contributed by atoms with E-state index in [9.17, 15) is 18.8 Å². The number of esters is 1. The molecule has 0 saturated heterocycles. The summed E-state index contributed by atoms with van der Waals surface area (Å²) in [6, 6.07) is 11.9. The van der Waals surface area contributed by atoms with Crippen LogP contribution in [0.4, 0.5) is 4.39 Å². The Balaban J connectivity index is 1.35. The number of carbonyl (C=O) groups is 3. The topological polar surface area (TPSA) is 113 Å². The van der Waals surface area contributed by atoms with Gasteiger partial charge in [-0.25, -0.2) is 4.39 Å². The Morgan fingerprint density at radius 1 is 1.13 bits per heavy atom. The van der Waals surface area contributed by atoms with Gasteiger partial charge < -0.3 is 15.4 Å². The molecule has 3 aromatic rings. The van der Waals surface area contributed by atoms with E-state index in [0.29, 0.717) is 16.5 Å². The van der Waals surface area contributed by atoms with Crippen LogP contribution < -0.4 is 10.6 Å². The van der Waals surface area contributed by atoms with Crippen molar-refractivity contribution in [2.75, 3.05) is 13.2 Å². The van der Waals surface area contributed by atoms with Crippen molar-refractivity contribution in [1.82, 2.24) is 20.8 Å². The average molecular weight is 412 g/mol. The van der Waals surface area contributed by atoms with Crippen LogP contribution in [0.5, 0.6) is 0 Å². The average Bonchev–Trinajstić information content (AvgIpc) is 3.17. The quantitative estimate of drug-likeness (QED) is 0.490. The number of aryl methyl sites for hydroxylation is 1. The summed E-state index contributed by atoms with van der Waals surface area (Å²) in [4.78, 5) is 35.7. The number of aromatic nitrogens is 2. The highest BCUT2D eigenvalue weighted by atomic mass is 19.1. The number of para-hydroxylation sites is 1. The zero-order chi connectivity index (χ0) is 21.5. The zero-order valence-electron chi connectivity index (χ0n) is 16.3. The Morgan fingerprint density at radius 2 is 1.93 bits per heavy atom. The first-order valence-electron chi connectivity index (χ1n) is 9.32. The number of benzene rings is 2. The summed E-state index contributed by atoms with van der Waals surface area (Å²) >= 11 is 0. The Morgan fingerprint density at radius 3 is 2.73 bits per heavy atom. The van der Waals surface area contributed by atoms with Crippen LogP contribution in [0.15, 0.2) is 42.5 Å². The van der Waals surface area contributed by atoms with Crippen molar-refractivity contribution in [2.24, 2.45) is 0 Å². The summed E-state index contributed by atoms with van der Waals surface area (Å²) in [7, 11) is 0. The smallest absolute Gasteiger partial charge is 0.308 e. The van der Waals surface area contributed by atoms with E-state index >= 15 is 0 Å². The molecule has 1 heterocycles. The standard InChI is InChI=1S/C21H21FN4O4/c1-13-6-7-14(10-16(13)22)11-24-18(27)12-30-19(28)8-9-23-21(29)20-15-4-2-3-5-17(15)25-26-20/h2-7,10H,8-9,11-12H2,1H3,(H,23,29)(H,24,27)(H,25,26). The molecule has 0 radical (unpaired) electrons. The number of rotatable bonds is 8. The number of nitrogens with zero attached hydrogens (tertiary/aromatic N) is 1. The Hall–Kier alpha value is -3.75. The second kappa shape index (κ2) is 9.64. The summed E-state index contributed by atoms with van der Waals surface area (Å²) in [5.74, 6) is -1.89. The van der Waals surface area contributed by atoms with Gasteiger partial charge in [0.2, 0.25) is 0 Å². The largest absolute Gasteiger partial charge is 0.456 e. The van der Waals surface area contributed by atoms with E-state index in [4.69, 9.17) is 4.74 Å². The molecule has 0 bridgehead atoms. The lowest BCUT2D eigenvalue weighted by Crippen LogP contribution is -2.30. The minimum Gasteiger partial charge on any atom is -0.456 e. The van der Waals surface area contributed by atoms with Crippen molar-refractivity contribution in [2.45, 2.75) is 19.9 Å². The van der Waals surface area contributed by atoms with Crippen LogP contribution in [-0.4, -0.2) is 41.1 Å². The molecule has 1 aromatic heterocycles. The predicted molar refractivity (Wildman–Crippen MR) is 107 cm³/mol. The van der Waals surface area contributed by atoms with E-state index in [1.807, 2.05) is 6.07 Å². The first-order valence-corrected chi connectivity index (χ1v) is 9.32. The van der Waals surface area contributed by atoms with Crippen LogP contribution in [0.2, 0.25) is 0 Å². The van der Waals surface area contributed by atoms with Gasteiger partial charge in [-0.1, -0.05) is 30.3 Å². The van der Waals surface area contributed by atoms with E-state index < -0.39 is 24.4 Å². The van der Waals surface area contributed by atoms with Crippen molar-refractivity contribution in [3.05, 3.63) is 65.1 Å². The first kappa shape index (κ1) is 21.0. The molecule has 8 nitrogen and oxygen atoms in total. The fourth-order valence-corrected chi connectivity index (χ4v) is 2.71. The molecule has 0 fully saturated rings. The molecule has 3 N–H and O–H groups in total. The lowest BCUT2D eigenvalue weighted by molar-refractivity contribution is -0.148. The number of aromatic amines is 1. The highest BCUT2D eigenvalue weighted by Crippen LogP contribution is 2.14. The van der Waals surface area contributed by atoms with Crippen LogP contribution in [0.25, 0.3) is 10.9 Å². The van der Waals surface area contributed by atoms with Crippen LogP contribution in [0.3, 0.4) is 0 Å². The van der Waals surface area contributed by atoms with Gasteiger partial charge in [0.05, 0.1) is 11.9 Å². The predicted octanol–water partition coefficient (Wildman–Crippen LogP) is 1.99. The van der Waals surface area contributed by atoms with E-state index in [1.165, 1.54) is 6.07 Å². The molecule has 0 aliphatic carbocycles. The summed E-state index contributed by atoms with van der Waals surface area (Å²) < 4.78 is 18.4. The molecule has 0 unspecified atom stereocenters. The zero-order valence-corrected chi connectivity index (χ0v) is 16.3. The summed E-state index contributed by atoms with van der Waals surface area (Å²) in [6.07, 6.45) is -0.0927. The van der Waals surface area contributed by atoms with E-state index in [-0.39, 0.29) is 31.0 Å². The van der Waals surface area contributed by atoms with E-state index in [2.05, 4.69) is 20.8 Å². The minimum atomic E-state index is -0.626. The lowest BCUT2D eigenvalue weighted by Gasteiger charge is -2.08. The highest BCUT2D eigenvalue weighted by Gasteiger charge is 2.14. The fraction of sp³-hybridized carbons (Fsp3) is 0.238. The molecule has 0 atom stereocenters. The molecule has 30 heavy (non-hydrogen) atoms. The molecule has 0 aliphatic rings. The number of carbonyl (C=O) groups excluding carboxylic acids is 3. The van der Waals surface area contributed by atoms with Gasteiger partial charge in [0.15, 0.2) is 12.3 Å². The minimum absolute atomic E-state index is 0.0448. The summed E-state index contributed by atoms with van der Waals surface area (Å²) in [6.45, 7) is 1.37. The molecule has 3 rings (SSSR count). The van der Waals surface area contributed by atoms with Gasteiger partial charge in [0.25, 0.3) is 11.8 Å². The molecule has 0 spiro atoms. The number of hydrogen-bond donors (Lipinski definition) is 3. The summed E-state index contributed by atoms with van der Waals surface area (Å²) in [5.41, 5.74) is 2.10. The Bertz CT molecular complexity index is 1080. The fourth-order valence-electron chi connectivity index (χ4n) is 2.71. The molecule has 2 amide bonds. The van der Waals surface area contributed by atoms with Gasteiger partial charge in [-0.2, -0.15) is 5.10 Å². The van der Waals surface area contributed by atoms with Gasteiger partial charge in [0.1, 0.15) is 5.82 Å². The number of halogens is 1. The van der Waals surface area contributed by atoms with E-state index in [0.717, 1.165) is 5.52 Å². The van der Waals surface area contributed by atoms with Crippen LogP contribution >= 0.6 is 0 Å². The van der Waals surface area contributed by atoms with Gasteiger partial charge in [-0.15, -0.1) is 0 Å². The van der Waals surface area contributed by atoms with Crippen LogP contribution in [0, 0.1) is 12.7 Å². The van der Waals surface area contributed by atoms with E-state index in [1.54, 1.807) is 37.3 Å². The van der Waals surface area contributed by atoms with Crippen molar-refractivity contribution >= 4 is 28.7 Å². The van der Waals surface area contributed by atoms with Gasteiger partial charge in [-0.3, -0.25) is 19.5 Å². The van der Waals surface area contributed by atoms with Gasteiger partial charge >= 0.3 is 5.97 Å². The van der Waals surface area contributed by atoms with Gasteiger partial charge in [-0.05, 0) is 30.2 Å². The number of nitrogens with one attached hydrogen (secondary N) is 3. The lowest BCUT2D eigenvalue weighted by atomic mass is 10.1. The maximum absolute atomic E-state index is 13.5. The van der Waals surface area contributed by atoms with Crippen LogP contribution in [0.1, 0.15) is 28.0 Å². The number of ether oxygens (including phenoxy) is 1. The molecule has 0 aliphatic heterocycles. The molecule has 9 heteroatoms. The first-order chi connectivity index (χ1) is 14.4. The number of hydrogen-bond acceptors (Lipinski definition) is 5. The normalized spacial score (nSPS) is 10.6. The highest BCUT2D eigenvalue weighted by molar-refractivity contribution is 6.04. The van der Waals surface area contributed by atoms with Crippen molar-refractivity contribution in [1.29, 1.82) is 0 Å². The summed E-state index contributed by atoms with van der Waals surface area (Å²) in [5, 5.41) is 12.6. The van der Waals surface area contributed by atoms with Crippen molar-refractivity contribution in [3.63, 3.8) is 0 Å². The van der Waals surface area contributed by atoms with Crippen molar-refractivity contribution in [3.8, 4) is 0 Å². The Labute approximate surface area is 171 Å². The third kappa shape index (κ3) is 5.40. The SMILES string of the molecule is Cc1ccc(CNC(=O)COC(=O)CCNC(=O)c2n[nH]c3ccccc23)cc1F. The number of H-pyrrole nitrogens is 1. The van der Waals surface area contributed by atoms with Crippen molar-refractivity contribution < 1.29 is 23.5 Å². The number of fused-ring (bicyclic) bond motifs is 1. The molecule has 156 valence electrons. The maximum Gasteiger partial charge on any atom is 0.308 e. The van der Waals surface area contributed by atoms with Gasteiger partial charge in [0, 0.05) is 18.5 Å². The molecular weight excluding hydrogens is 391 g/mol.